The molecule has 1 unspecified atom stereocenters. The average Bonchev–Trinajstić information content (AvgIpc) is 3.21. The summed E-state index contributed by atoms with van der Waals surface area (Å²) in [5.74, 6) is 1.46. The van der Waals surface area contributed by atoms with Gasteiger partial charge in [-0.3, -0.25) is 14.8 Å². The minimum atomic E-state index is -0.418. The van der Waals surface area contributed by atoms with Crippen LogP contribution in [0.5, 0.6) is 11.5 Å². The number of anilines is 2. The smallest absolute Gasteiger partial charge is 0.151 e. The predicted molar refractivity (Wildman–Crippen MR) is 223 cm³/mol. The van der Waals surface area contributed by atoms with Crippen molar-refractivity contribution in [3.8, 4) is 11.5 Å². The number of nitrogen functional groups attached to an aromatic ring is 1. The minimum absolute atomic E-state index is 0.111. The third kappa shape index (κ3) is 11.3. The molecule has 0 aliphatic heterocycles. The van der Waals surface area contributed by atoms with Crippen molar-refractivity contribution in [2.75, 3.05) is 11.1 Å². The monoisotopic (exact) mass is 808 g/mol. The summed E-state index contributed by atoms with van der Waals surface area (Å²) in [7, 11) is 0. The fourth-order valence-electron chi connectivity index (χ4n) is 5.07. The summed E-state index contributed by atoms with van der Waals surface area (Å²) in [6.07, 6.45) is 7.14. The fraction of sp³-hybridized carbons (Fsp3) is 0.0238. The largest absolute Gasteiger partial charge is 0.506 e. The number of nitrogens with one attached hydrogen (secondary N) is 1. The topological polar surface area (TPSA) is 147 Å². The normalized spacial score (nSPS) is 10.8. The van der Waals surface area contributed by atoms with E-state index in [4.69, 9.17) is 52.1 Å². The van der Waals surface area contributed by atoms with E-state index >= 15 is 0 Å². The van der Waals surface area contributed by atoms with Gasteiger partial charge in [0.1, 0.15) is 34.2 Å². The van der Waals surface area contributed by atoms with Crippen LogP contribution in [0.15, 0.2) is 152 Å². The van der Waals surface area contributed by atoms with Gasteiger partial charge in [-0.2, -0.15) is 0 Å². The third-order valence-electron chi connectivity index (χ3n) is 7.72. The highest BCUT2D eigenvalue weighted by Gasteiger charge is 2.22. The van der Waals surface area contributed by atoms with E-state index in [1.165, 1.54) is 6.20 Å². The van der Waals surface area contributed by atoms with E-state index in [9.17, 15) is 15.0 Å². The maximum atomic E-state index is 10.9. The Balaban J connectivity index is 0.000000168. The van der Waals surface area contributed by atoms with Crippen LogP contribution in [0.1, 0.15) is 27.5 Å². The highest BCUT2D eigenvalue weighted by molar-refractivity contribution is 6.33. The van der Waals surface area contributed by atoms with Crippen molar-refractivity contribution in [3.63, 3.8) is 0 Å². The number of carbonyl (C=O) groups excluding carboxylic acids is 1. The lowest BCUT2D eigenvalue weighted by molar-refractivity contribution is 0.112. The summed E-state index contributed by atoms with van der Waals surface area (Å²) in [6.45, 7) is 0. The summed E-state index contributed by atoms with van der Waals surface area (Å²) in [5.41, 5.74) is 8.48. The molecule has 0 saturated heterocycles. The molecule has 0 aliphatic rings. The van der Waals surface area contributed by atoms with Crippen molar-refractivity contribution in [2.24, 2.45) is 0 Å². The van der Waals surface area contributed by atoms with Gasteiger partial charge in [0.15, 0.2) is 6.29 Å². The van der Waals surface area contributed by atoms with E-state index < -0.39 is 6.04 Å². The number of pyridine rings is 4. The number of phenols is 2. The van der Waals surface area contributed by atoms with Crippen LogP contribution >= 0.6 is 46.4 Å². The Labute approximate surface area is 337 Å². The molecule has 4 aromatic carbocycles. The summed E-state index contributed by atoms with van der Waals surface area (Å²) in [6, 6.07) is 37.6. The van der Waals surface area contributed by atoms with Crippen LogP contribution in [0.3, 0.4) is 0 Å². The molecule has 1 atom stereocenters. The number of phenolic OH excluding ortho intramolecular Hbond substituents is 2. The van der Waals surface area contributed by atoms with Crippen LogP contribution in [0.4, 0.5) is 11.6 Å². The third-order valence-corrected chi connectivity index (χ3v) is 8.86. The lowest BCUT2D eigenvalue weighted by Crippen LogP contribution is -2.14. The first-order valence-corrected chi connectivity index (χ1v) is 17.9. The lowest BCUT2D eigenvalue weighted by Gasteiger charge is -2.23. The number of rotatable bonds is 5. The van der Waals surface area contributed by atoms with Crippen molar-refractivity contribution in [3.05, 3.63) is 189 Å². The van der Waals surface area contributed by atoms with Crippen LogP contribution in [0.25, 0.3) is 21.8 Å². The van der Waals surface area contributed by atoms with Gasteiger partial charge >= 0.3 is 0 Å². The highest BCUT2D eigenvalue weighted by Crippen LogP contribution is 2.38. The number of aromatic nitrogens is 4. The van der Waals surface area contributed by atoms with Crippen molar-refractivity contribution in [1.29, 1.82) is 0 Å². The maximum absolute atomic E-state index is 10.9. The molecule has 9 nitrogen and oxygen atoms in total. The van der Waals surface area contributed by atoms with Gasteiger partial charge in [0.2, 0.25) is 0 Å². The van der Waals surface area contributed by atoms with Crippen LogP contribution in [-0.2, 0) is 0 Å². The van der Waals surface area contributed by atoms with Crippen LogP contribution in [-0.4, -0.2) is 36.4 Å². The Bertz CT molecular complexity index is 2460. The number of carbonyl (C=O) groups is 1. The van der Waals surface area contributed by atoms with Gasteiger partial charge in [-0.05, 0) is 60.2 Å². The predicted octanol–water partition coefficient (Wildman–Crippen LogP) is 11.3. The summed E-state index contributed by atoms with van der Waals surface area (Å²) < 4.78 is 0. The molecule has 55 heavy (non-hydrogen) atoms. The second-order valence-electron chi connectivity index (χ2n) is 11.4. The van der Waals surface area contributed by atoms with Crippen molar-refractivity contribution in [1.82, 2.24) is 19.9 Å². The quantitative estimate of drug-likeness (QED) is 0.125. The molecule has 5 N–H and O–H groups in total. The van der Waals surface area contributed by atoms with Crippen LogP contribution in [0.2, 0.25) is 20.1 Å². The van der Waals surface area contributed by atoms with E-state index in [1.807, 2.05) is 66.7 Å². The van der Waals surface area contributed by atoms with Gasteiger partial charge < -0.3 is 21.3 Å². The van der Waals surface area contributed by atoms with Gasteiger partial charge in [-0.25, -0.2) is 9.97 Å². The van der Waals surface area contributed by atoms with Gasteiger partial charge in [0.05, 0.1) is 21.1 Å². The molecule has 0 amide bonds. The average molecular weight is 811 g/mol. The molecule has 0 aliphatic carbocycles. The van der Waals surface area contributed by atoms with Gasteiger partial charge in [0.25, 0.3) is 0 Å². The molecule has 13 heteroatoms. The molecule has 4 aromatic heterocycles. The van der Waals surface area contributed by atoms with Crippen molar-refractivity contribution < 1.29 is 15.0 Å². The molecule has 0 saturated carbocycles. The van der Waals surface area contributed by atoms with Crippen molar-refractivity contribution >= 4 is 86.1 Å². The Morgan fingerprint density at radius 1 is 0.582 bits per heavy atom. The zero-order chi connectivity index (χ0) is 39.2. The zero-order valence-corrected chi connectivity index (χ0v) is 31.8. The first kappa shape index (κ1) is 40.2. The number of nitrogens with zero attached hydrogens (tertiary/aromatic N) is 4. The molecule has 8 rings (SSSR count). The van der Waals surface area contributed by atoms with Gasteiger partial charge in [-0.1, -0.05) is 119 Å². The molecule has 8 aromatic rings. The van der Waals surface area contributed by atoms with E-state index in [0.29, 0.717) is 53.9 Å². The summed E-state index contributed by atoms with van der Waals surface area (Å²) in [5, 5.41) is 27.6. The molecule has 0 fully saturated rings. The number of benzene rings is 4. The van der Waals surface area contributed by atoms with E-state index in [0.717, 1.165) is 22.6 Å². The Hall–Kier alpha value is -5.97. The molecule has 0 bridgehead atoms. The fourth-order valence-corrected chi connectivity index (χ4v) is 5.71. The van der Waals surface area contributed by atoms with E-state index in [-0.39, 0.29) is 11.5 Å². The number of halogens is 4. The second kappa shape index (κ2) is 19.9. The number of hydrogen-bond donors (Lipinski definition) is 4. The number of aromatic hydroxyl groups is 2. The first-order chi connectivity index (χ1) is 26.6. The molecule has 0 radical (unpaired) electrons. The molecule has 4 heterocycles. The highest BCUT2D eigenvalue weighted by atomic mass is 35.5. The second-order valence-corrected chi connectivity index (χ2v) is 13.1. The number of aldehydes is 1. The Morgan fingerprint density at radius 3 is 1.78 bits per heavy atom. The summed E-state index contributed by atoms with van der Waals surface area (Å²) >= 11 is 23.5. The Morgan fingerprint density at radius 2 is 1.20 bits per heavy atom. The van der Waals surface area contributed by atoms with Crippen LogP contribution in [0, 0.1) is 0 Å². The standard InChI is InChI=1S/C21H15Cl2N3O.C9H7NO.C7H5ClO.C5H5ClN2/c22-14-8-10-18(25-12-14)26-20(15-5-1-2-6-17(15)23)16-9-7-13-4-3-11-24-19(13)21(16)27;11-8-5-1-3-7-4-2-6-10-9(7)8;8-7-4-2-1-3-6(7)5-9;6-4-1-2-5(7)8-3-4/h1-12,20,27H,(H,25,26);1-6,11H;1-5H;1-3H,(H2,7,8). The SMILES string of the molecule is Nc1ccc(Cl)cn1.O=Cc1ccccc1Cl.Oc1c(C(Nc2ccc(Cl)cn2)c2ccccc2Cl)ccc2cccnc12.Oc1cccc2cccnc12. The maximum Gasteiger partial charge on any atom is 0.151 e. The zero-order valence-electron chi connectivity index (χ0n) is 28.8. The summed E-state index contributed by atoms with van der Waals surface area (Å²) in [4.78, 5) is 26.5. The molecular formula is C42H32Cl4N6O3. The first-order valence-electron chi connectivity index (χ1n) is 16.4. The minimum Gasteiger partial charge on any atom is -0.506 e. The van der Waals surface area contributed by atoms with Gasteiger partial charge in [0, 0.05) is 51.7 Å². The van der Waals surface area contributed by atoms with Crippen molar-refractivity contribution in [2.45, 2.75) is 6.04 Å². The lowest BCUT2D eigenvalue weighted by atomic mass is 9.96. The number of nitrogens with two attached hydrogens (primary N) is 1. The molecule has 0 spiro atoms. The number of fused-ring (bicyclic) bond motifs is 2. The van der Waals surface area contributed by atoms with E-state index in [1.54, 1.807) is 79.3 Å². The number of hydrogen-bond acceptors (Lipinski definition) is 9. The van der Waals surface area contributed by atoms with Crippen LogP contribution < -0.4 is 11.1 Å². The van der Waals surface area contributed by atoms with E-state index in [2.05, 4.69) is 25.3 Å². The molecule has 276 valence electrons. The van der Waals surface area contributed by atoms with Gasteiger partial charge in [-0.15, -0.1) is 0 Å². The Kier molecular flexibility index (Phi) is 14.6. The molecular weight excluding hydrogens is 778 g/mol. The number of para-hydroxylation sites is 1.